The van der Waals surface area contributed by atoms with Crippen LogP contribution >= 0.6 is 23.2 Å². The van der Waals surface area contributed by atoms with E-state index < -0.39 is 29.6 Å². The molecule has 0 unspecified atom stereocenters. The molecule has 8 heteroatoms. The first-order chi connectivity index (χ1) is 14.3. The molecule has 2 aromatic carbocycles. The van der Waals surface area contributed by atoms with Crippen molar-refractivity contribution >= 4 is 46.5 Å². The number of hydrogen-bond donors (Lipinski definition) is 0. The number of Topliss-reactive ketones (excluding diaryl/α,β-unsaturated/α-hetero) is 1. The molecule has 0 radical (unpaired) electrons. The van der Waals surface area contributed by atoms with Crippen LogP contribution in [0.5, 0.6) is 0 Å². The van der Waals surface area contributed by atoms with E-state index in [1.54, 1.807) is 25.1 Å². The molecule has 1 aliphatic rings. The van der Waals surface area contributed by atoms with Crippen molar-refractivity contribution in [3.63, 3.8) is 0 Å². The molecule has 2 aromatic rings. The molecule has 2 atom stereocenters. The Morgan fingerprint density at radius 2 is 1.93 bits per heavy atom. The number of esters is 1. The molecule has 1 aliphatic heterocycles. The molecule has 30 heavy (non-hydrogen) atoms. The average Bonchev–Trinajstić information content (AvgIpc) is 3.11. The second-order valence-corrected chi connectivity index (χ2v) is 7.85. The molecular weight excluding hydrogens is 432 g/mol. The van der Waals surface area contributed by atoms with Crippen molar-refractivity contribution in [3.8, 4) is 0 Å². The SMILES string of the molecule is Cc1c(Cl)cccc1N1C[C@@H](C(=O)O[C@H](CCCl)C(=O)c2ccc(F)cc2)CC1=O. The molecular formula is C22H20Cl2FNO4. The van der Waals surface area contributed by atoms with Crippen LogP contribution in [0.3, 0.4) is 0 Å². The molecule has 1 saturated heterocycles. The summed E-state index contributed by atoms with van der Waals surface area (Å²) >= 11 is 11.9. The number of halogens is 3. The van der Waals surface area contributed by atoms with Gasteiger partial charge in [-0.15, -0.1) is 11.6 Å². The number of hydrogen-bond acceptors (Lipinski definition) is 4. The number of carbonyl (C=O) groups is 3. The average molecular weight is 452 g/mol. The number of benzene rings is 2. The second kappa shape index (κ2) is 9.58. The van der Waals surface area contributed by atoms with Crippen molar-refractivity contribution in [3.05, 3.63) is 64.4 Å². The number of rotatable bonds is 7. The van der Waals surface area contributed by atoms with E-state index in [1.807, 2.05) is 0 Å². The van der Waals surface area contributed by atoms with E-state index in [4.69, 9.17) is 27.9 Å². The Bertz CT molecular complexity index is 964. The van der Waals surface area contributed by atoms with Gasteiger partial charge in [0.05, 0.1) is 5.92 Å². The first kappa shape index (κ1) is 22.2. The highest BCUT2D eigenvalue weighted by Gasteiger charge is 2.38. The first-order valence-corrected chi connectivity index (χ1v) is 10.3. The van der Waals surface area contributed by atoms with Gasteiger partial charge in [0.15, 0.2) is 6.10 Å². The molecule has 0 saturated carbocycles. The quantitative estimate of drug-likeness (QED) is 0.351. The third kappa shape index (κ3) is 4.82. The standard InChI is InChI=1S/C22H20Cl2FNO4/c1-13-17(24)3-2-4-18(13)26-12-15(11-20(26)27)22(29)30-19(9-10-23)21(28)14-5-7-16(25)8-6-14/h2-8,15,19H,9-12H2,1H3/t15-,19+/m0/s1. The Balaban J connectivity index is 1.72. The lowest BCUT2D eigenvalue weighted by Crippen LogP contribution is -2.32. The number of amides is 1. The topological polar surface area (TPSA) is 63.7 Å². The molecule has 1 amide bonds. The number of ketones is 1. The highest BCUT2D eigenvalue weighted by molar-refractivity contribution is 6.31. The van der Waals surface area contributed by atoms with Gasteiger partial charge in [0.2, 0.25) is 11.7 Å². The molecule has 1 heterocycles. The zero-order chi connectivity index (χ0) is 21.8. The van der Waals surface area contributed by atoms with Gasteiger partial charge in [-0.2, -0.15) is 0 Å². The molecule has 5 nitrogen and oxygen atoms in total. The van der Waals surface area contributed by atoms with Crippen LogP contribution in [0.2, 0.25) is 5.02 Å². The predicted octanol–water partition coefficient (Wildman–Crippen LogP) is 4.56. The lowest BCUT2D eigenvalue weighted by Gasteiger charge is -2.21. The number of ether oxygens (including phenoxy) is 1. The Hall–Kier alpha value is -2.44. The summed E-state index contributed by atoms with van der Waals surface area (Å²) in [6.07, 6.45) is -1.01. The zero-order valence-electron chi connectivity index (χ0n) is 16.2. The van der Waals surface area contributed by atoms with E-state index in [2.05, 4.69) is 0 Å². The summed E-state index contributed by atoms with van der Waals surface area (Å²) in [6, 6.07) is 10.2. The van der Waals surface area contributed by atoms with Gasteiger partial charge in [-0.3, -0.25) is 14.4 Å². The van der Waals surface area contributed by atoms with E-state index in [-0.39, 0.29) is 36.7 Å². The fourth-order valence-electron chi connectivity index (χ4n) is 3.37. The van der Waals surface area contributed by atoms with Crippen molar-refractivity contribution in [2.45, 2.75) is 25.9 Å². The molecule has 0 N–H and O–H groups in total. The van der Waals surface area contributed by atoms with Gasteiger partial charge in [-0.05, 0) is 48.9 Å². The number of anilines is 1. The first-order valence-electron chi connectivity index (χ1n) is 9.43. The van der Waals surface area contributed by atoms with Gasteiger partial charge in [-0.25, -0.2) is 4.39 Å². The maximum Gasteiger partial charge on any atom is 0.312 e. The fraction of sp³-hybridized carbons (Fsp3) is 0.318. The van der Waals surface area contributed by atoms with Crippen LogP contribution in [-0.2, 0) is 14.3 Å². The number of carbonyl (C=O) groups excluding carboxylic acids is 3. The smallest absolute Gasteiger partial charge is 0.312 e. The molecule has 0 aromatic heterocycles. The molecule has 0 bridgehead atoms. The minimum Gasteiger partial charge on any atom is -0.454 e. The van der Waals surface area contributed by atoms with Crippen molar-refractivity contribution in [1.82, 2.24) is 0 Å². The Morgan fingerprint density at radius 3 is 2.60 bits per heavy atom. The lowest BCUT2D eigenvalue weighted by molar-refractivity contribution is -0.151. The van der Waals surface area contributed by atoms with Crippen molar-refractivity contribution in [2.75, 3.05) is 17.3 Å². The van der Waals surface area contributed by atoms with E-state index in [0.717, 1.165) is 17.7 Å². The fourth-order valence-corrected chi connectivity index (χ4v) is 3.73. The van der Waals surface area contributed by atoms with E-state index in [1.165, 1.54) is 17.0 Å². The minimum absolute atomic E-state index is 0.0247. The molecule has 3 rings (SSSR count). The molecule has 1 fully saturated rings. The van der Waals surface area contributed by atoms with Crippen LogP contribution in [0, 0.1) is 18.7 Å². The molecule has 158 valence electrons. The highest BCUT2D eigenvalue weighted by Crippen LogP contribution is 2.32. The second-order valence-electron chi connectivity index (χ2n) is 7.06. The van der Waals surface area contributed by atoms with Crippen LogP contribution in [0.1, 0.15) is 28.8 Å². The van der Waals surface area contributed by atoms with E-state index in [9.17, 15) is 18.8 Å². The molecule has 0 aliphatic carbocycles. The summed E-state index contributed by atoms with van der Waals surface area (Å²) in [5.74, 6) is -2.41. The monoisotopic (exact) mass is 451 g/mol. The van der Waals surface area contributed by atoms with E-state index in [0.29, 0.717) is 10.7 Å². The predicted molar refractivity (Wildman–Crippen MR) is 113 cm³/mol. The Morgan fingerprint density at radius 1 is 1.23 bits per heavy atom. The summed E-state index contributed by atoms with van der Waals surface area (Å²) in [5, 5.41) is 0.526. The summed E-state index contributed by atoms with van der Waals surface area (Å²) in [7, 11) is 0. The summed E-state index contributed by atoms with van der Waals surface area (Å²) in [5.41, 5.74) is 1.61. The van der Waals surface area contributed by atoms with Crippen molar-refractivity contribution in [2.24, 2.45) is 5.92 Å². The summed E-state index contributed by atoms with van der Waals surface area (Å²) in [4.78, 5) is 39.4. The summed E-state index contributed by atoms with van der Waals surface area (Å²) < 4.78 is 18.6. The van der Waals surface area contributed by atoms with Crippen LogP contribution in [0.25, 0.3) is 0 Å². The minimum atomic E-state index is -1.10. The van der Waals surface area contributed by atoms with Gasteiger partial charge in [0, 0.05) is 41.5 Å². The van der Waals surface area contributed by atoms with Crippen LogP contribution in [0.4, 0.5) is 10.1 Å². The summed E-state index contributed by atoms with van der Waals surface area (Å²) in [6.45, 7) is 1.94. The Kier molecular flexibility index (Phi) is 7.10. The van der Waals surface area contributed by atoms with Crippen LogP contribution < -0.4 is 4.90 Å². The zero-order valence-corrected chi connectivity index (χ0v) is 17.8. The number of alkyl halides is 1. The van der Waals surface area contributed by atoms with Crippen molar-refractivity contribution < 1.29 is 23.5 Å². The van der Waals surface area contributed by atoms with Gasteiger partial charge in [0.25, 0.3) is 0 Å². The van der Waals surface area contributed by atoms with Crippen molar-refractivity contribution in [1.29, 1.82) is 0 Å². The number of nitrogens with zero attached hydrogens (tertiary/aromatic N) is 1. The largest absolute Gasteiger partial charge is 0.454 e. The van der Waals surface area contributed by atoms with E-state index >= 15 is 0 Å². The normalized spacial score (nSPS) is 17.1. The lowest BCUT2D eigenvalue weighted by atomic mass is 10.0. The maximum atomic E-state index is 13.1. The third-order valence-corrected chi connectivity index (χ3v) is 5.67. The third-order valence-electron chi connectivity index (χ3n) is 5.04. The maximum absolute atomic E-state index is 13.1. The van der Waals surface area contributed by atoms with Crippen LogP contribution in [-0.4, -0.2) is 36.2 Å². The van der Waals surface area contributed by atoms with Gasteiger partial charge in [0.1, 0.15) is 5.82 Å². The molecule has 0 spiro atoms. The van der Waals surface area contributed by atoms with Gasteiger partial charge < -0.3 is 9.64 Å². The van der Waals surface area contributed by atoms with Crippen LogP contribution in [0.15, 0.2) is 42.5 Å². The Labute approximate surface area is 183 Å². The van der Waals surface area contributed by atoms with Gasteiger partial charge in [-0.1, -0.05) is 17.7 Å². The highest BCUT2D eigenvalue weighted by atomic mass is 35.5. The van der Waals surface area contributed by atoms with Gasteiger partial charge >= 0.3 is 5.97 Å².